The topological polar surface area (TPSA) is 74.8 Å². The Morgan fingerprint density at radius 1 is 1.04 bits per heavy atom. The molecular formula is C18H20N2O4S2. The molecule has 0 bridgehead atoms. The molecule has 1 aromatic carbocycles. The van der Waals surface area contributed by atoms with E-state index in [0.29, 0.717) is 25.1 Å². The Morgan fingerprint density at radius 2 is 1.69 bits per heavy atom. The van der Waals surface area contributed by atoms with Gasteiger partial charge < -0.3 is 4.90 Å². The quantitative estimate of drug-likeness (QED) is 0.730. The van der Waals surface area contributed by atoms with E-state index in [2.05, 4.69) is 0 Å². The molecule has 1 aromatic heterocycles. The van der Waals surface area contributed by atoms with Gasteiger partial charge in [0, 0.05) is 36.6 Å². The highest BCUT2D eigenvalue weighted by Crippen LogP contribution is 2.19. The third-order valence-corrected chi connectivity index (χ3v) is 7.18. The molecule has 0 aliphatic carbocycles. The van der Waals surface area contributed by atoms with Crippen molar-refractivity contribution in [3.63, 3.8) is 0 Å². The summed E-state index contributed by atoms with van der Waals surface area (Å²) in [6.45, 7) is 2.75. The van der Waals surface area contributed by atoms with E-state index in [1.807, 2.05) is 17.5 Å². The molecule has 2 heterocycles. The van der Waals surface area contributed by atoms with E-state index >= 15 is 0 Å². The average Bonchev–Trinajstić information content (AvgIpc) is 3.15. The van der Waals surface area contributed by atoms with Crippen LogP contribution in [0.15, 0.2) is 46.7 Å². The van der Waals surface area contributed by atoms with Crippen molar-refractivity contribution in [1.82, 2.24) is 9.21 Å². The van der Waals surface area contributed by atoms with E-state index in [-0.39, 0.29) is 29.7 Å². The van der Waals surface area contributed by atoms with Gasteiger partial charge in [0.15, 0.2) is 5.78 Å². The number of hydrogen-bond donors (Lipinski definition) is 0. The van der Waals surface area contributed by atoms with E-state index < -0.39 is 10.0 Å². The molecule has 3 rings (SSSR count). The lowest BCUT2D eigenvalue weighted by molar-refractivity contribution is -0.131. The van der Waals surface area contributed by atoms with Crippen molar-refractivity contribution >= 4 is 33.1 Å². The molecule has 26 heavy (non-hydrogen) atoms. The molecule has 0 unspecified atom stereocenters. The monoisotopic (exact) mass is 392 g/mol. The summed E-state index contributed by atoms with van der Waals surface area (Å²) < 4.78 is 26.9. The Kier molecular flexibility index (Phi) is 5.55. The third kappa shape index (κ3) is 4.03. The van der Waals surface area contributed by atoms with Crippen LogP contribution in [0.2, 0.25) is 0 Å². The number of benzene rings is 1. The molecule has 0 spiro atoms. The van der Waals surface area contributed by atoms with Crippen LogP contribution in [-0.2, 0) is 21.2 Å². The highest BCUT2D eigenvalue weighted by molar-refractivity contribution is 7.89. The Hall–Kier alpha value is -2.03. The van der Waals surface area contributed by atoms with Crippen molar-refractivity contribution < 1.29 is 18.0 Å². The summed E-state index contributed by atoms with van der Waals surface area (Å²) in [5, 5.41) is 1.94. The first kappa shape index (κ1) is 18.8. The second kappa shape index (κ2) is 7.69. The van der Waals surface area contributed by atoms with Gasteiger partial charge in [-0.3, -0.25) is 9.59 Å². The maximum absolute atomic E-state index is 12.7. The lowest BCUT2D eigenvalue weighted by Gasteiger charge is -2.34. The predicted octanol–water partition coefficient (Wildman–Crippen LogP) is 2.03. The number of amides is 1. The summed E-state index contributed by atoms with van der Waals surface area (Å²) in [4.78, 5) is 26.5. The van der Waals surface area contributed by atoms with Gasteiger partial charge >= 0.3 is 0 Å². The highest BCUT2D eigenvalue weighted by Gasteiger charge is 2.30. The fourth-order valence-corrected chi connectivity index (χ4v) is 4.98. The van der Waals surface area contributed by atoms with Crippen molar-refractivity contribution in [2.75, 3.05) is 26.2 Å². The summed E-state index contributed by atoms with van der Waals surface area (Å²) in [6.07, 6.45) is 0.358. The summed E-state index contributed by atoms with van der Waals surface area (Å²) in [6, 6.07) is 9.80. The lowest BCUT2D eigenvalue weighted by Crippen LogP contribution is -2.50. The van der Waals surface area contributed by atoms with Crippen LogP contribution in [0.3, 0.4) is 0 Å². The van der Waals surface area contributed by atoms with E-state index in [0.717, 1.165) is 4.88 Å². The van der Waals surface area contributed by atoms with Crippen molar-refractivity contribution in [1.29, 1.82) is 0 Å². The fraction of sp³-hybridized carbons (Fsp3) is 0.333. The Balaban J connectivity index is 1.63. The minimum atomic E-state index is -3.62. The molecule has 1 saturated heterocycles. The smallest absolute Gasteiger partial charge is 0.243 e. The number of Topliss-reactive ketones (excluding diaryl/α,β-unsaturated/α-hetero) is 1. The Bertz CT molecular complexity index is 882. The maximum atomic E-state index is 12.7. The minimum absolute atomic E-state index is 0.0234. The van der Waals surface area contributed by atoms with Crippen molar-refractivity contribution in [3.8, 4) is 0 Å². The van der Waals surface area contributed by atoms with Crippen molar-refractivity contribution in [3.05, 3.63) is 52.2 Å². The number of nitrogens with zero attached hydrogens (tertiary/aromatic N) is 2. The van der Waals surface area contributed by atoms with E-state index in [9.17, 15) is 18.0 Å². The zero-order valence-electron chi connectivity index (χ0n) is 14.4. The molecule has 0 atom stereocenters. The molecule has 8 heteroatoms. The molecule has 2 aromatic rings. The average molecular weight is 393 g/mol. The number of carbonyl (C=O) groups excluding carboxylic acids is 2. The maximum Gasteiger partial charge on any atom is 0.243 e. The first-order chi connectivity index (χ1) is 12.4. The van der Waals surface area contributed by atoms with Gasteiger partial charge in [-0.05, 0) is 30.5 Å². The molecule has 1 aliphatic rings. The molecule has 0 saturated carbocycles. The van der Waals surface area contributed by atoms with Gasteiger partial charge in [0.1, 0.15) is 0 Å². The number of hydrogen-bond acceptors (Lipinski definition) is 5. The zero-order valence-corrected chi connectivity index (χ0v) is 16.1. The summed E-state index contributed by atoms with van der Waals surface area (Å²) in [5.41, 5.74) is 0.480. The molecule has 6 nitrogen and oxygen atoms in total. The SMILES string of the molecule is CC(=O)c1ccc(S(=O)(=O)N2CCN(C(=O)Cc3cccs3)CC2)cc1. The van der Waals surface area contributed by atoms with Crippen LogP contribution >= 0.6 is 11.3 Å². The largest absolute Gasteiger partial charge is 0.340 e. The van der Waals surface area contributed by atoms with Crippen LogP contribution in [0.1, 0.15) is 22.2 Å². The van der Waals surface area contributed by atoms with Crippen LogP contribution in [-0.4, -0.2) is 55.5 Å². The van der Waals surface area contributed by atoms with Crippen LogP contribution in [0.4, 0.5) is 0 Å². The number of ketones is 1. The number of rotatable bonds is 5. The van der Waals surface area contributed by atoms with Crippen LogP contribution in [0.25, 0.3) is 0 Å². The lowest BCUT2D eigenvalue weighted by atomic mass is 10.2. The number of thiophene rings is 1. The fourth-order valence-electron chi connectivity index (χ4n) is 2.86. The van der Waals surface area contributed by atoms with E-state index in [1.54, 1.807) is 16.2 Å². The molecule has 0 N–H and O–H groups in total. The summed E-state index contributed by atoms with van der Waals surface area (Å²) in [5.74, 6) is -0.0814. The molecular weight excluding hydrogens is 372 g/mol. The van der Waals surface area contributed by atoms with Gasteiger partial charge in [-0.25, -0.2) is 8.42 Å². The molecule has 1 amide bonds. The van der Waals surface area contributed by atoms with Gasteiger partial charge in [0.2, 0.25) is 15.9 Å². The van der Waals surface area contributed by atoms with Gasteiger partial charge in [-0.1, -0.05) is 18.2 Å². The van der Waals surface area contributed by atoms with E-state index in [4.69, 9.17) is 0 Å². The van der Waals surface area contributed by atoms with Crippen molar-refractivity contribution in [2.24, 2.45) is 0 Å². The van der Waals surface area contributed by atoms with Crippen LogP contribution < -0.4 is 0 Å². The van der Waals surface area contributed by atoms with Gasteiger partial charge in [0.25, 0.3) is 0 Å². The van der Waals surface area contributed by atoms with Gasteiger partial charge in [-0.2, -0.15) is 4.31 Å². The highest BCUT2D eigenvalue weighted by atomic mass is 32.2. The number of sulfonamides is 1. The Labute approximate surface area is 157 Å². The minimum Gasteiger partial charge on any atom is -0.340 e. The number of carbonyl (C=O) groups is 2. The Morgan fingerprint density at radius 3 is 2.23 bits per heavy atom. The van der Waals surface area contributed by atoms with Gasteiger partial charge in [-0.15, -0.1) is 11.3 Å². The van der Waals surface area contributed by atoms with Crippen LogP contribution in [0, 0.1) is 0 Å². The second-order valence-corrected chi connectivity index (χ2v) is 9.09. The third-order valence-electron chi connectivity index (χ3n) is 4.40. The number of piperazine rings is 1. The molecule has 138 valence electrons. The standard InChI is InChI=1S/C18H20N2O4S2/c1-14(21)15-4-6-17(7-5-15)26(23,24)20-10-8-19(9-11-20)18(22)13-16-3-2-12-25-16/h2-7,12H,8-11,13H2,1H3. The second-order valence-electron chi connectivity index (χ2n) is 6.12. The van der Waals surface area contributed by atoms with Crippen LogP contribution in [0.5, 0.6) is 0 Å². The first-order valence-corrected chi connectivity index (χ1v) is 10.6. The molecule has 1 fully saturated rings. The van der Waals surface area contributed by atoms with Gasteiger partial charge in [0.05, 0.1) is 11.3 Å². The first-order valence-electron chi connectivity index (χ1n) is 8.29. The normalized spacial score (nSPS) is 15.8. The zero-order chi connectivity index (χ0) is 18.7. The summed E-state index contributed by atoms with van der Waals surface area (Å²) >= 11 is 1.54. The molecule has 0 radical (unpaired) electrons. The van der Waals surface area contributed by atoms with Crippen molar-refractivity contribution in [2.45, 2.75) is 18.2 Å². The predicted molar refractivity (Wildman–Crippen MR) is 99.8 cm³/mol. The summed E-state index contributed by atoms with van der Waals surface area (Å²) in [7, 11) is -3.62. The van der Waals surface area contributed by atoms with E-state index in [1.165, 1.54) is 35.5 Å². The molecule has 1 aliphatic heterocycles.